The van der Waals surface area contributed by atoms with Crippen LogP contribution in [0.25, 0.3) is 11.3 Å². The Morgan fingerprint density at radius 1 is 1.00 bits per heavy atom. The van der Waals surface area contributed by atoms with Crippen LogP contribution < -0.4 is 4.74 Å². The Morgan fingerprint density at radius 3 is 2.52 bits per heavy atom. The van der Waals surface area contributed by atoms with E-state index in [9.17, 15) is 17.6 Å². The fourth-order valence-electron chi connectivity index (χ4n) is 3.38. The summed E-state index contributed by atoms with van der Waals surface area (Å²) in [6.45, 7) is 0. The van der Waals surface area contributed by atoms with Crippen molar-refractivity contribution in [3.8, 4) is 17.0 Å². The minimum absolute atomic E-state index is 0.0113. The third-order valence-corrected chi connectivity index (χ3v) is 6.42. The van der Waals surface area contributed by atoms with Crippen LogP contribution in [0.4, 0.5) is 4.39 Å². The van der Waals surface area contributed by atoms with Crippen LogP contribution in [-0.4, -0.2) is 25.3 Å². The number of halogens is 1. The molecule has 0 saturated heterocycles. The summed E-state index contributed by atoms with van der Waals surface area (Å²) in [5, 5.41) is 0. The lowest BCUT2D eigenvalue weighted by atomic mass is 10.1. The maximum Gasteiger partial charge on any atom is 0.268 e. The van der Waals surface area contributed by atoms with Gasteiger partial charge in [-0.05, 0) is 36.8 Å². The molecule has 0 bridgehead atoms. The zero-order valence-corrected chi connectivity index (χ0v) is 15.3. The molecule has 7 heteroatoms. The molecule has 0 saturated carbocycles. The number of hydrogen-bond acceptors (Lipinski definition) is 4. The number of nitrogens with zero attached hydrogens (tertiary/aromatic N) is 1. The predicted octanol–water partition coefficient (Wildman–Crippen LogP) is 3.67. The molecule has 0 fully saturated rings. The van der Waals surface area contributed by atoms with Gasteiger partial charge in [0, 0.05) is 29.3 Å². The van der Waals surface area contributed by atoms with Gasteiger partial charge in [-0.25, -0.2) is 16.8 Å². The maximum absolute atomic E-state index is 14.4. The van der Waals surface area contributed by atoms with Crippen molar-refractivity contribution < 1.29 is 22.3 Å². The molecule has 0 atom stereocenters. The van der Waals surface area contributed by atoms with Crippen molar-refractivity contribution in [2.75, 3.05) is 7.11 Å². The molecule has 1 heterocycles. The number of carbonyl (C=O) groups excluding carboxylic acids is 1. The van der Waals surface area contributed by atoms with Crippen molar-refractivity contribution in [3.63, 3.8) is 0 Å². The standard InChI is InChI=1S/C20H16FNO4S/c1-26-13-5-4-6-14(11-13)27(24,25)22-18-9-10-20(23)16(18)12-19(22)15-7-2-3-8-17(15)21/h2-8,11-12H,9-10H2,1H3. The molecular weight excluding hydrogens is 369 g/mol. The van der Waals surface area contributed by atoms with Crippen LogP contribution >= 0.6 is 0 Å². The molecule has 138 valence electrons. The van der Waals surface area contributed by atoms with Crippen LogP contribution in [0.5, 0.6) is 5.75 Å². The second-order valence-electron chi connectivity index (χ2n) is 6.24. The van der Waals surface area contributed by atoms with Crippen LogP contribution in [0.3, 0.4) is 0 Å². The van der Waals surface area contributed by atoms with Crippen molar-refractivity contribution in [3.05, 3.63) is 71.7 Å². The average Bonchev–Trinajstić information content (AvgIpc) is 3.22. The van der Waals surface area contributed by atoms with E-state index >= 15 is 0 Å². The fraction of sp³-hybridized carbons (Fsp3) is 0.150. The highest BCUT2D eigenvalue weighted by Gasteiger charge is 2.33. The van der Waals surface area contributed by atoms with E-state index in [4.69, 9.17) is 4.74 Å². The summed E-state index contributed by atoms with van der Waals surface area (Å²) < 4.78 is 47.4. The van der Waals surface area contributed by atoms with Gasteiger partial charge in [0.05, 0.1) is 17.7 Å². The Kier molecular flexibility index (Phi) is 4.11. The quantitative estimate of drug-likeness (QED) is 0.687. The van der Waals surface area contributed by atoms with E-state index < -0.39 is 15.8 Å². The van der Waals surface area contributed by atoms with Gasteiger partial charge in [0.15, 0.2) is 5.78 Å². The van der Waals surface area contributed by atoms with Gasteiger partial charge in [0.1, 0.15) is 11.6 Å². The maximum atomic E-state index is 14.4. The molecule has 3 aromatic rings. The third kappa shape index (κ3) is 2.75. The number of fused-ring (bicyclic) bond motifs is 1. The number of hydrogen-bond donors (Lipinski definition) is 0. The molecule has 0 unspecified atom stereocenters. The molecule has 4 rings (SSSR count). The minimum atomic E-state index is -4.05. The highest BCUT2D eigenvalue weighted by molar-refractivity contribution is 7.90. The first-order chi connectivity index (χ1) is 12.9. The lowest BCUT2D eigenvalue weighted by molar-refractivity contribution is 0.0994. The number of Topliss-reactive ketones (excluding diaryl/α,β-unsaturated/α-hetero) is 1. The Balaban J connectivity index is 2.01. The Morgan fingerprint density at radius 2 is 1.78 bits per heavy atom. The first-order valence-corrected chi connectivity index (χ1v) is 9.80. The van der Waals surface area contributed by atoms with E-state index in [0.717, 1.165) is 3.97 Å². The number of ketones is 1. The van der Waals surface area contributed by atoms with E-state index in [-0.39, 0.29) is 28.4 Å². The van der Waals surface area contributed by atoms with E-state index in [2.05, 4.69) is 0 Å². The molecule has 27 heavy (non-hydrogen) atoms. The summed E-state index contributed by atoms with van der Waals surface area (Å²) in [5.74, 6) is -0.297. The van der Waals surface area contributed by atoms with Gasteiger partial charge in [0.25, 0.3) is 10.0 Å². The number of aromatic nitrogens is 1. The average molecular weight is 385 g/mol. The van der Waals surface area contributed by atoms with Crippen molar-refractivity contribution in [2.24, 2.45) is 0 Å². The van der Waals surface area contributed by atoms with Crippen molar-refractivity contribution in [1.82, 2.24) is 3.97 Å². The Hall–Kier alpha value is -2.93. The predicted molar refractivity (Wildman–Crippen MR) is 98.1 cm³/mol. The lowest BCUT2D eigenvalue weighted by Crippen LogP contribution is -2.17. The van der Waals surface area contributed by atoms with Crippen LogP contribution in [0.2, 0.25) is 0 Å². The van der Waals surface area contributed by atoms with E-state index in [0.29, 0.717) is 23.4 Å². The third-order valence-electron chi connectivity index (χ3n) is 4.67. The van der Waals surface area contributed by atoms with Gasteiger partial charge in [-0.15, -0.1) is 0 Å². The van der Waals surface area contributed by atoms with Crippen LogP contribution in [0.15, 0.2) is 59.5 Å². The lowest BCUT2D eigenvalue weighted by Gasteiger charge is -2.14. The monoisotopic (exact) mass is 385 g/mol. The first kappa shape index (κ1) is 17.5. The SMILES string of the molecule is COc1cccc(S(=O)(=O)n2c(-c3ccccc3F)cc3c2CCC3=O)c1. The van der Waals surface area contributed by atoms with Gasteiger partial charge in [-0.2, -0.15) is 0 Å². The number of ether oxygens (including phenoxy) is 1. The smallest absolute Gasteiger partial charge is 0.268 e. The summed E-state index contributed by atoms with van der Waals surface area (Å²) >= 11 is 0. The number of benzene rings is 2. The second-order valence-corrected chi connectivity index (χ2v) is 8.03. The second kappa shape index (κ2) is 6.35. The van der Waals surface area contributed by atoms with E-state index in [1.165, 1.54) is 43.5 Å². The number of methoxy groups -OCH3 is 1. The molecule has 1 aromatic heterocycles. The molecule has 1 aliphatic rings. The molecule has 0 amide bonds. The normalized spacial score (nSPS) is 13.6. The van der Waals surface area contributed by atoms with E-state index in [1.54, 1.807) is 18.2 Å². The van der Waals surface area contributed by atoms with Crippen molar-refractivity contribution >= 4 is 15.8 Å². The summed E-state index contributed by atoms with van der Waals surface area (Å²) in [6.07, 6.45) is 0.543. The molecule has 2 aromatic carbocycles. The van der Waals surface area contributed by atoms with Gasteiger partial charge in [-0.1, -0.05) is 18.2 Å². The molecule has 5 nitrogen and oxygen atoms in total. The minimum Gasteiger partial charge on any atom is -0.497 e. The zero-order chi connectivity index (χ0) is 19.2. The van der Waals surface area contributed by atoms with Gasteiger partial charge < -0.3 is 4.74 Å². The van der Waals surface area contributed by atoms with Crippen LogP contribution in [0.1, 0.15) is 22.5 Å². The number of carbonyl (C=O) groups is 1. The highest BCUT2D eigenvalue weighted by atomic mass is 32.2. The van der Waals surface area contributed by atoms with Crippen molar-refractivity contribution in [2.45, 2.75) is 17.7 Å². The molecule has 0 radical (unpaired) electrons. The molecular formula is C20H16FNO4S. The largest absolute Gasteiger partial charge is 0.497 e. The van der Waals surface area contributed by atoms with Crippen molar-refractivity contribution in [1.29, 1.82) is 0 Å². The zero-order valence-electron chi connectivity index (χ0n) is 14.5. The fourth-order valence-corrected chi connectivity index (χ4v) is 4.99. The number of rotatable bonds is 4. The molecule has 1 aliphatic carbocycles. The molecule has 0 spiro atoms. The van der Waals surface area contributed by atoms with Crippen LogP contribution in [-0.2, 0) is 16.4 Å². The first-order valence-electron chi connectivity index (χ1n) is 8.36. The Bertz CT molecular complexity index is 1160. The molecule has 0 N–H and O–H groups in total. The van der Waals surface area contributed by atoms with Gasteiger partial charge in [-0.3, -0.25) is 4.79 Å². The Labute approximate surface area is 156 Å². The molecule has 0 aliphatic heterocycles. The summed E-state index contributed by atoms with van der Waals surface area (Å²) in [4.78, 5) is 12.2. The van der Waals surface area contributed by atoms with Gasteiger partial charge in [0.2, 0.25) is 0 Å². The summed E-state index contributed by atoms with van der Waals surface area (Å²) in [7, 11) is -2.61. The summed E-state index contributed by atoms with van der Waals surface area (Å²) in [5.41, 5.74) is 1.00. The summed E-state index contributed by atoms with van der Waals surface area (Å²) in [6, 6.07) is 13.5. The van der Waals surface area contributed by atoms with Gasteiger partial charge >= 0.3 is 0 Å². The highest BCUT2D eigenvalue weighted by Crippen LogP contribution is 2.36. The topological polar surface area (TPSA) is 65.4 Å². The van der Waals surface area contributed by atoms with Crippen LogP contribution in [0, 0.1) is 5.82 Å². The van der Waals surface area contributed by atoms with E-state index in [1.807, 2.05) is 0 Å².